The zero-order valence-electron chi connectivity index (χ0n) is 12.2. The van der Waals surface area contributed by atoms with Gasteiger partial charge in [-0.05, 0) is 38.5 Å². The Labute approximate surface area is 122 Å². The first kappa shape index (κ1) is 17.8. The lowest BCUT2D eigenvalue weighted by Gasteiger charge is -2.25. The molecule has 0 N–H and O–H groups in total. The monoisotopic (exact) mass is 310 g/mol. The Hall–Kier alpha value is -1.27. The lowest BCUT2D eigenvalue weighted by molar-refractivity contribution is -0.216. The Bertz CT molecular complexity index is 360. The molecule has 0 aromatic carbocycles. The summed E-state index contributed by atoms with van der Waals surface area (Å²) in [6.45, 7) is 2.88. The largest absolute Gasteiger partial charge is 0.462 e. The van der Waals surface area contributed by atoms with Crippen molar-refractivity contribution in [1.82, 2.24) is 0 Å². The molecule has 0 heterocycles. The molecule has 4 nitrogen and oxygen atoms in total. The van der Waals surface area contributed by atoms with E-state index in [1.54, 1.807) is 0 Å². The molecule has 1 saturated carbocycles. The highest BCUT2D eigenvalue weighted by Gasteiger charge is 2.39. The van der Waals surface area contributed by atoms with Gasteiger partial charge in [0.15, 0.2) is 6.10 Å². The lowest BCUT2D eigenvalue weighted by atomic mass is 9.89. The van der Waals surface area contributed by atoms with Crippen LogP contribution in [0.1, 0.15) is 52.4 Å². The van der Waals surface area contributed by atoms with Crippen molar-refractivity contribution in [3.63, 3.8) is 0 Å². The topological polar surface area (TPSA) is 52.6 Å². The fourth-order valence-corrected chi connectivity index (χ4v) is 2.12. The molecule has 1 fully saturated rings. The van der Waals surface area contributed by atoms with Crippen LogP contribution in [0.3, 0.4) is 0 Å². The van der Waals surface area contributed by atoms with Crippen LogP contribution in [0.25, 0.3) is 0 Å². The summed E-state index contributed by atoms with van der Waals surface area (Å²) in [7, 11) is 0. The van der Waals surface area contributed by atoms with Gasteiger partial charge in [0.05, 0.1) is 12.8 Å². The molecule has 0 aromatic heterocycles. The number of carbonyl (C=O) groups excluding carboxylic acids is 2. The van der Waals surface area contributed by atoms with Crippen LogP contribution in [-0.4, -0.2) is 30.3 Å². The summed E-state index contributed by atoms with van der Waals surface area (Å²) in [5.74, 6) is -0.987. The number of hydrogen-bond donors (Lipinski definition) is 0. The van der Waals surface area contributed by atoms with Gasteiger partial charge in [-0.15, -0.1) is 0 Å². The van der Waals surface area contributed by atoms with E-state index in [-0.39, 0.29) is 12.5 Å². The molecule has 7 heteroatoms. The van der Waals surface area contributed by atoms with Crippen molar-refractivity contribution in [2.24, 2.45) is 5.92 Å². The van der Waals surface area contributed by atoms with Crippen molar-refractivity contribution in [2.45, 2.75) is 70.8 Å². The van der Waals surface area contributed by atoms with E-state index in [1.165, 1.54) is 0 Å². The Balaban J connectivity index is 2.22. The van der Waals surface area contributed by atoms with Gasteiger partial charge in [0.25, 0.3) is 0 Å². The predicted molar refractivity (Wildman–Crippen MR) is 68.4 cm³/mol. The molecule has 21 heavy (non-hydrogen) atoms. The minimum atomic E-state index is -4.59. The van der Waals surface area contributed by atoms with Crippen LogP contribution in [0, 0.1) is 5.92 Å². The summed E-state index contributed by atoms with van der Waals surface area (Å²) in [5, 5.41) is 0. The normalized spacial score (nSPS) is 24.2. The summed E-state index contributed by atoms with van der Waals surface area (Å²) in [6.07, 6.45) is -3.98. The molecule has 0 aliphatic heterocycles. The summed E-state index contributed by atoms with van der Waals surface area (Å²) in [4.78, 5) is 22.7. The van der Waals surface area contributed by atoms with Crippen LogP contribution in [0.2, 0.25) is 0 Å². The van der Waals surface area contributed by atoms with Crippen molar-refractivity contribution in [1.29, 1.82) is 0 Å². The summed E-state index contributed by atoms with van der Waals surface area (Å²) < 4.78 is 45.9. The Morgan fingerprint density at radius 3 is 2.14 bits per heavy atom. The van der Waals surface area contributed by atoms with E-state index in [0.717, 1.165) is 32.6 Å². The second kappa shape index (κ2) is 7.66. The molecule has 0 spiro atoms. The van der Waals surface area contributed by atoms with E-state index in [4.69, 9.17) is 4.74 Å². The zero-order valence-corrected chi connectivity index (χ0v) is 12.2. The van der Waals surface area contributed by atoms with Crippen molar-refractivity contribution < 1.29 is 32.2 Å². The van der Waals surface area contributed by atoms with Gasteiger partial charge >= 0.3 is 18.1 Å². The molecule has 0 bridgehead atoms. The Morgan fingerprint density at radius 2 is 1.62 bits per heavy atom. The highest BCUT2D eigenvalue weighted by molar-refractivity contribution is 5.77. The summed E-state index contributed by atoms with van der Waals surface area (Å²) in [5.41, 5.74) is 0. The van der Waals surface area contributed by atoms with Crippen LogP contribution in [-0.2, 0) is 19.1 Å². The first-order valence-corrected chi connectivity index (χ1v) is 7.14. The number of ether oxygens (including phenoxy) is 2. The SMILES string of the molecule is CC1CCC(OC(=O)CCC(=O)OC(C)C(F)(F)F)CC1. The molecule has 122 valence electrons. The van der Waals surface area contributed by atoms with Gasteiger partial charge in [0.2, 0.25) is 0 Å². The number of halogens is 3. The Kier molecular flexibility index (Phi) is 6.48. The van der Waals surface area contributed by atoms with Crippen molar-refractivity contribution in [3.8, 4) is 0 Å². The molecule has 1 aliphatic carbocycles. The lowest BCUT2D eigenvalue weighted by Crippen LogP contribution is -2.31. The van der Waals surface area contributed by atoms with Gasteiger partial charge in [-0.3, -0.25) is 9.59 Å². The van der Waals surface area contributed by atoms with Gasteiger partial charge in [0.1, 0.15) is 6.10 Å². The second-order valence-electron chi connectivity index (χ2n) is 5.55. The van der Waals surface area contributed by atoms with Crippen LogP contribution in [0.15, 0.2) is 0 Å². The Morgan fingerprint density at radius 1 is 1.10 bits per heavy atom. The minimum Gasteiger partial charge on any atom is -0.462 e. The average Bonchev–Trinajstić information content (AvgIpc) is 2.38. The van der Waals surface area contributed by atoms with E-state index < -0.39 is 30.6 Å². The molecule has 1 unspecified atom stereocenters. The maximum absolute atomic E-state index is 12.2. The van der Waals surface area contributed by atoms with Gasteiger partial charge in [-0.2, -0.15) is 13.2 Å². The van der Waals surface area contributed by atoms with Gasteiger partial charge in [0, 0.05) is 0 Å². The van der Waals surface area contributed by atoms with Crippen LogP contribution in [0.5, 0.6) is 0 Å². The third-order valence-electron chi connectivity index (χ3n) is 3.56. The smallest absolute Gasteiger partial charge is 0.425 e. The highest BCUT2D eigenvalue weighted by atomic mass is 19.4. The quantitative estimate of drug-likeness (QED) is 0.730. The summed E-state index contributed by atoms with van der Waals surface area (Å²) >= 11 is 0. The number of carbonyl (C=O) groups is 2. The molecular formula is C14H21F3O4. The maximum atomic E-state index is 12.2. The predicted octanol–water partition coefficient (Wildman–Crippen LogP) is 3.38. The van der Waals surface area contributed by atoms with E-state index in [9.17, 15) is 22.8 Å². The summed E-state index contributed by atoms with van der Waals surface area (Å²) in [6, 6.07) is 0. The third kappa shape index (κ3) is 6.82. The standard InChI is InChI=1S/C14H21F3O4/c1-9-3-5-11(6-4-9)21-13(19)8-7-12(18)20-10(2)14(15,16)17/h9-11H,3-8H2,1-2H3. The van der Waals surface area contributed by atoms with Crippen molar-refractivity contribution >= 4 is 11.9 Å². The van der Waals surface area contributed by atoms with Crippen LogP contribution in [0.4, 0.5) is 13.2 Å². The van der Waals surface area contributed by atoms with E-state index in [1.807, 2.05) is 0 Å². The van der Waals surface area contributed by atoms with E-state index >= 15 is 0 Å². The molecule has 0 amide bonds. The van der Waals surface area contributed by atoms with E-state index in [2.05, 4.69) is 11.7 Å². The molecule has 1 aliphatic rings. The minimum absolute atomic E-state index is 0.140. The zero-order chi connectivity index (χ0) is 16.0. The number of alkyl halides is 3. The van der Waals surface area contributed by atoms with Crippen molar-refractivity contribution in [2.75, 3.05) is 0 Å². The first-order valence-electron chi connectivity index (χ1n) is 7.14. The first-order chi connectivity index (χ1) is 9.68. The van der Waals surface area contributed by atoms with E-state index in [0.29, 0.717) is 5.92 Å². The maximum Gasteiger partial charge on any atom is 0.425 e. The van der Waals surface area contributed by atoms with Gasteiger partial charge in [-0.1, -0.05) is 6.92 Å². The molecule has 0 aromatic rings. The van der Waals surface area contributed by atoms with Crippen LogP contribution < -0.4 is 0 Å². The fraction of sp³-hybridized carbons (Fsp3) is 0.857. The number of hydrogen-bond acceptors (Lipinski definition) is 4. The number of esters is 2. The van der Waals surface area contributed by atoms with Crippen LogP contribution >= 0.6 is 0 Å². The molecule has 0 radical (unpaired) electrons. The second-order valence-corrected chi connectivity index (χ2v) is 5.55. The molecule has 0 saturated heterocycles. The highest BCUT2D eigenvalue weighted by Crippen LogP contribution is 2.26. The third-order valence-corrected chi connectivity index (χ3v) is 3.56. The number of rotatable bonds is 5. The van der Waals surface area contributed by atoms with Crippen molar-refractivity contribution in [3.05, 3.63) is 0 Å². The average molecular weight is 310 g/mol. The fourth-order valence-electron chi connectivity index (χ4n) is 2.12. The molecule has 1 rings (SSSR count). The van der Waals surface area contributed by atoms with Gasteiger partial charge in [-0.25, -0.2) is 0 Å². The van der Waals surface area contributed by atoms with Gasteiger partial charge < -0.3 is 9.47 Å². The molecular weight excluding hydrogens is 289 g/mol. The molecule has 1 atom stereocenters.